The minimum Gasteiger partial charge on any atom is -0.457 e. The van der Waals surface area contributed by atoms with Gasteiger partial charge in [-0.05, 0) is 70.9 Å². The molecule has 0 radical (unpaired) electrons. The van der Waals surface area contributed by atoms with Crippen molar-refractivity contribution in [1.29, 1.82) is 0 Å². The number of alkyl carbamates (subject to hydrolysis) is 1. The highest BCUT2D eigenvalue weighted by atomic mass is 32.1. The normalized spacial score (nSPS) is 14.9. The maximum absolute atomic E-state index is 13.4. The fourth-order valence-electron chi connectivity index (χ4n) is 4.85. The molecule has 0 unspecified atom stereocenters. The Hall–Kier alpha value is -4.51. The van der Waals surface area contributed by atoms with E-state index in [1.54, 1.807) is 23.8 Å². The standard InChI is InChI=1S/C31H34N6O4S/c1-20-26(40-23-10-6-5-7-11-23)13-12-24(35-28(38)25-19-42-29(36-25)21-14-15-33-34-17-21)27(20)37-16-8-9-22(37)18-32-30(39)41-31(2,3)4/h5-7,10-15,17,19,22H,8-9,16,18H2,1-4H3,(H,32,39)(H,35,38)/t22-/m1/s1. The number of carbonyl (C=O) groups is 2. The highest BCUT2D eigenvalue weighted by molar-refractivity contribution is 7.13. The number of amides is 2. The molecule has 0 spiro atoms. The molecule has 1 fully saturated rings. The predicted octanol–water partition coefficient (Wildman–Crippen LogP) is 6.45. The molecule has 2 aromatic carbocycles. The number of carbonyl (C=O) groups excluding carboxylic acids is 2. The third-order valence-electron chi connectivity index (χ3n) is 6.71. The van der Waals surface area contributed by atoms with E-state index in [0.717, 1.165) is 36.2 Å². The van der Waals surface area contributed by atoms with Crippen LogP contribution < -0.4 is 20.3 Å². The lowest BCUT2D eigenvalue weighted by Crippen LogP contribution is -2.42. The molecule has 2 N–H and O–H groups in total. The van der Waals surface area contributed by atoms with E-state index in [4.69, 9.17) is 9.47 Å². The van der Waals surface area contributed by atoms with Gasteiger partial charge in [0.1, 0.15) is 27.8 Å². The first-order chi connectivity index (χ1) is 20.2. The van der Waals surface area contributed by atoms with Crippen LogP contribution in [0.5, 0.6) is 11.5 Å². The Morgan fingerprint density at radius 2 is 1.90 bits per heavy atom. The van der Waals surface area contributed by atoms with Gasteiger partial charge in [-0.3, -0.25) is 4.79 Å². The van der Waals surface area contributed by atoms with Gasteiger partial charge < -0.3 is 25.0 Å². The van der Waals surface area contributed by atoms with Gasteiger partial charge in [-0.1, -0.05) is 18.2 Å². The van der Waals surface area contributed by atoms with Crippen molar-refractivity contribution >= 4 is 34.7 Å². The molecular formula is C31H34N6O4S. The molecule has 2 aromatic heterocycles. The van der Waals surface area contributed by atoms with E-state index >= 15 is 0 Å². The molecular weight excluding hydrogens is 552 g/mol. The maximum Gasteiger partial charge on any atom is 0.407 e. The molecule has 1 aliphatic rings. The first-order valence-corrected chi connectivity index (χ1v) is 14.7. The van der Waals surface area contributed by atoms with E-state index in [1.165, 1.54) is 11.3 Å². The molecule has 3 heterocycles. The van der Waals surface area contributed by atoms with Crippen molar-refractivity contribution in [2.75, 3.05) is 23.3 Å². The van der Waals surface area contributed by atoms with Crippen LogP contribution >= 0.6 is 11.3 Å². The Balaban J connectivity index is 1.42. The van der Waals surface area contributed by atoms with Gasteiger partial charge in [0.2, 0.25) is 0 Å². The number of ether oxygens (including phenoxy) is 2. The molecule has 0 saturated carbocycles. The Morgan fingerprint density at radius 3 is 2.64 bits per heavy atom. The molecule has 5 rings (SSSR count). The molecule has 0 bridgehead atoms. The number of benzene rings is 2. The Bertz CT molecular complexity index is 1540. The molecule has 1 atom stereocenters. The number of aromatic nitrogens is 3. The average molecular weight is 587 g/mol. The number of anilines is 2. The van der Waals surface area contributed by atoms with Crippen molar-refractivity contribution in [1.82, 2.24) is 20.5 Å². The zero-order valence-electron chi connectivity index (χ0n) is 24.1. The number of hydrogen-bond donors (Lipinski definition) is 2. The van der Waals surface area contributed by atoms with Crippen LogP contribution in [-0.4, -0.2) is 51.9 Å². The molecule has 2 amide bonds. The largest absolute Gasteiger partial charge is 0.457 e. The Kier molecular flexibility index (Phi) is 8.67. The summed E-state index contributed by atoms with van der Waals surface area (Å²) in [5.74, 6) is 1.08. The lowest BCUT2D eigenvalue weighted by atomic mass is 10.1. The van der Waals surface area contributed by atoms with E-state index < -0.39 is 11.7 Å². The average Bonchev–Trinajstić information content (AvgIpc) is 3.64. The second-order valence-corrected chi connectivity index (χ2v) is 11.9. The van der Waals surface area contributed by atoms with E-state index in [1.807, 2.05) is 70.2 Å². The number of nitrogens with zero attached hydrogens (tertiary/aromatic N) is 4. The van der Waals surface area contributed by atoms with Crippen LogP contribution in [0.25, 0.3) is 10.6 Å². The number of nitrogens with one attached hydrogen (secondary N) is 2. The van der Waals surface area contributed by atoms with E-state index in [-0.39, 0.29) is 11.9 Å². The summed E-state index contributed by atoms with van der Waals surface area (Å²) in [7, 11) is 0. The first kappa shape index (κ1) is 29.0. The molecule has 1 saturated heterocycles. The highest BCUT2D eigenvalue weighted by Gasteiger charge is 2.30. The summed E-state index contributed by atoms with van der Waals surface area (Å²) in [6, 6.07) is 15.1. The molecule has 42 heavy (non-hydrogen) atoms. The third kappa shape index (κ3) is 7.03. The van der Waals surface area contributed by atoms with Crippen LogP contribution in [0.2, 0.25) is 0 Å². The van der Waals surface area contributed by atoms with Crippen LogP contribution in [0.3, 0.4) is 0 Å². The summed E-state index contributed by atoms with van der Waals surface area (Å²) < 4.78 is 11.7. The minimum absolute atomic E-state index is 0.00362. The number of hydrogen-bond acceptors (Lipinski definition) is 9. The van der Waals surface area contributed by atoms with Crippen molar-refractivity contribution in [2.45, 2.75) is 52.2 Å². The van der Waals surface area contributed by atoms with Crippen molar-refractivity contribution in [3.8, 4) is 22.1 Å². The second kappa shape index (κ2) is 12.6. The van der Waals surface area contributed by atoms with Crippen molar-refractivity contribution < 1.29 is 19.1 Å². The minimum atomic E-state index is -0.583. The highest BCUT2D eigenvalue weighted by Crippen LogP contribution is 2.41. The zero-order chi connectivity index (χ0) is 29.7. The van der Waals surface area contributed by atoms with Crippen molar-refractivity contribution in [3.63, 3.8) is 0 Å². The number of thiazole rings is 1. The van der Waals surface area contributed by atoms with Crippen LogP contribution in [-0.2, 0) is 4.74 Å². The first-order valence-electron chi connectivity index (χ1n) is 13.8. The second-order valence-electron chi connectivity index (χ2n) is 11.0. The summed E-state index contributed by atoms with van der Waals surface area (Å²) in [4.78, 5) is 32.6. The van der Waals surface area contributed by atoms with Crippen molar-refractivity contribution in [2.24, 2.45) is 0 Å². The summed E-state index contributed by atoms with van der Waals surface area (Å²) >= 11 is 1.37. The Morgan fingerprint density at radius 1 is 1.10 bits per heavy atom. The maximum atomic E-state index is 13.4. The Labute approximate surface area is 249 Å². The zero-order valence-corrected chi connectivity index (χ0v) is 24.9. The third-order valence-corrected chi connectivity index (χ3v) is 7.61. The fourth-order valence-corrected chi connectivity index (χ4v) is 5.64. The van der Waals surface area contributed by atoms with Crippen LogP contribution in [0.1, 0.15) is 49.7 Å². The summed E-state index contributed by atoms with van der Waals surface area (Å²) in [5.41, 5.74) is 2.89. The molecule has 0 aliphatic carbocycles. The van der Waals surface area contributed by atoms with Gasteiger partial charge >= 0.3 is 6.09 Å². The number of rotatable bonds is 8. The van der Waals surface area contributed by atoms with Gasteiger partial charge in [-0.2, -0.15) is 10.2 Å². The smallest absolute Gasteiger partial charge is 0.407 e. The van der Waals surface area contributed by atoms with Crippen LogP contribution in [0.15, 0.2) is 66.3 Å². The van der Waals surface area contributed by atoms with Gasteiger partial charge in [0.15, 0.2) is 0 Å². The predicted molar refractivity (Wildman–Crippen MR) is 163 cm³/mol. The topological polar surface area (TPSA) is 119 Å². The van der Waals surface area contributed by atoms with E-state index in [9.17, 15) is 9.59 Å². The molecule has 4 aromatic rings. The van der Waals surface area contributed by atoms with Crippen LogP contribution in [0, 0.1) is 6.92 Å². The molecule has 10 nitrogen and oxygen atoms in total. The van der Waals surface area contributed by atoms with Crippen molar-refractivity contribution in [3.05, 3.63) is 77.6 Å². The lowest BCUT2D eigenvalue weighted by Gasteiger charge is -2.31. The van der Waals surface area contributed by atoms with Crippen LogP contribution in [0.4, 0.5) is 16.2 Å². The van der Waals surface area contributed by atoms with Gasteiger partial charge in [-0.15, -0.1) is 11.3 Å². The molecule has 11 heteroatoms. The van der Waals surface area contributed by atoms with Gasteiger partial charge in [0, 0.05) is 35.6 Å². The lowest BCUT2D eigenvalue weighted by molar-refractivity contribution is 0.0524. The van der Waals surface area contributed by atoms with Gasteiger partial charge in [-0.25, -0.2) is 9.78 Å². The SMILES string of the molecule is Cc1c(Oc2ccccc2)ccc(NC(=O)c2csc(-c3ccnnc3)n2)c1N1CCC[C@@H]1CNC(=O)OC(C)(C)C. The van der Waals surface area contributed by atoms with E-state index in [2.05, 4.69) is 30.7 Å². The molecule has 218 valence electrons. The summed E-state index contributed by atoms with van der Waals surface area (Å²) in [5, 5.41) is 16.1. The summed E-state index contributed by atoms with van der Waals surface area (Å²) in [6.45, 7) is 8.66. The van der Waals surface area contributed by atoms with E-state index in [0.29, 0.717) is 34.4 Å². The quantitative estimate of drug-likeness (QED) is 0.242. The number of para-hydroxylation sites is 1. The molecule has 1 aliphatic heterocycles. The van der Waals surface area contributed by atoms with Gasteiger partial charge in [0.25, 0.3) is 5.91 Å². The van der Waals surface area contributed by atoms with Gasteiger partial charge in [0.05, 0.1) is 23.8 Å². The summed E-state index contributed by atoms with van der Waals surface area (Å²) in [6.07, 6.45) is 4.57. The fraction of sp³-hybridized carbons (Fsp3) is 0.323. The monoisotopic (exact) mass is 586 g/mol.